The van der Waals surface area contributed by atoms with Crippen LogP contribution in [-0.2, 0) is 0 Å². The van der Waals surface area contributed by atoms with Crippen molar-refractivity contribution in [2.75, 3.05) is 6.54 Å². The molecule has 0 aliphatic carbocycles. The average molecular weight is 208 g/mol. The predicted octanol–water partition coefficient (Wildman–Crippen LogP) is 3.01. The lowest BCUT2D eigenvalue weighted by atomic mass is 10.1. The largest absolute Gasteiger partial charge is 0.309 e. The molecule has 0 radical (unpaired) electrons. The van der Waals surface area contributed by atoms with Gasteiger partial charge in [0.05, 0.1) is 0 Å². The molecule has 1 nitrogen and oxygen atoms in total. The summed E-state index contributed by atoms with van der Waals surface area (Å²) in [4.78, 5) is 0. The van der Waals surface area contributed by atoms with Gasteiger partial charge >= 0.3 is 0 Å². The van der Waals surface area contributed by atoms with E-state index in [-0.39, 0.29) is 0 Å². The maximum Gasteiger partial charge on any atom is 0.0409 e. The average Bonchev–Trinajstić information content (AvgIpc) is 2.18. The second-order valence-corrected chi connectivity index (χ2v) is 3.62. The molecule has 1 aromatic rings. The van der Waals surface area contributed by atoms with E-state index in [1.165, 1.54) is 5.56 Å². The number of hydrogen-bond donors (Lipinski definition) is 1. The van der Waals surface area contributed by atoms with Crippen molar-refractivity contribution in [3.8, 4) is 12.3 Å². The van der Waals surface area contributed by atoms with Crippen LogP contribution in [0.4, 0.5) is 0 Å². The number of hydrogen-bond acceptors (Lipinski definition) is 1. The highest BCUT2D eigenvalue weighted by molar-refractivity contribution is 6.30. The third-order valence-electron chi connectivity index (χ3n) is 2.07. The molecule has 0 aliphatic rings. The summed E-state index contributed by atoms with van der Waals surface area (Å²) in [6, 6.07) is 8.15. The Labute approximate surface area is 90.5 Å². The number of terminal acetylenes is 1. The molecule has 0 unspecified atom stereocenters. The second kappa shape index (κ2) is 5.70. The van der Waals surface area contributed by atoms with Crippen LogP contribution in [0.15, 0.2) is 24.3 Å². The Morgan fingerprint density at radius 2 is 2.36 bits per heavy atom. The van der Waals surface area contributed by atoms with Crippen molar-refractivity contribution in [1.82, 2.24) is 5.32 Å². The smallest absolute Gasteiger partial charge is 0.0409 e. The molecule has 74 valence electrons. The van der Waals surface area contributed by atoms with E-state index < -0.39 is 0 Å². The summed E-state index contributed by atoms with van der Waals surface area (Å²) >= 11 is 5.89. The van der Waals surface area contributed by atoms with Crippen LogP contribution in [0.3, 0.4) is 0 Å². The van der Waals surface area contributed by atoms with Crippen molar-refractivity contribution in [2.45, 2.75) is 19.4 Å². The van der Waals surface area contributed by atoms with Gasteiger partial charge in [-0.25, -0.2) is 0 Å². The summed E-state index contributed by atoms with van der Waals surface area (Å²) in [5.41, 5.74) is 1.19. The van der Waals surface area contributed by atoms with Crippen molar-refractivity contribution in [3.05, 3.63) is 34.9 Å². The molecule has 0 saturated carbocycles. The van der Waals surface area contributed by atoms with Crippen LogP contribution < -0.4 is 5.32 Å². The van der Waals surface area contributed by atoms with Crippen molar-refractivity contribution >= 4 is 11.6 Å². The lowest BCUT2D eigenvalue weighted by Gasteiger charge is -2.13. The van der Waals surface area contributed by atoms with Gasteiger partial charge in [0, 0.05) is 24.0 Å². The van der Waals surface area contributed by atoms with E-state index in [4.69, 9.17) is 18.0 Å². The summed E-state index contributed by atoms with van der Waals surface area (Å²) in [5, 5.41) is 4.10. The highest BCUT2D eigenvalue weighted by atomic mass is 35.5. The first-order chi connectivity index (χ1) is 6.74. The van der Waals surface area contributed by atoms with Crippen LogP contribution in [-0.4, -0.2) is 6.54 Å². The molecule has 0 saturated heterocycles. The van der Waals surface area contributed by atoms with E-state index in [1.54, 1.807) is 0 Å². The molecule has 0 fully saturated rings. The first-order valence-corrected chi connectivity index (χ1v) is 5.04. The minimum Gasteiger partial charge on any atom is -0.309 e. The quantitative estimate of drug-likeness (QED) is 0.591. The van der Waals surface area contributed by atoms with Crippen LogP contribution in [0.25, 0.3) is 0 Å². The summed E-state index contributed by atoms with van der Waals surface area (Å²) < 4.78 is 0. The van der Waals surface area contributed by atoms with E-state index in [9.17, 15) is 0 Å². The van der Waals surface area contributed by atoms with Gasteiger partial charge in [0.2, 0.25) is 0 Å². The number of benzene rings is 1. The van der Waals surface area contributed by atoms with E-state index in [1.807, 2.05) is 18.2 Å². The summed E-state index contributed by atoms with van der Waals surface area (Å²) in [6.07, 6.45) is 5.92. The van der Waals surface area contributed by atoms with Crippen LogP contribution >= 0.6 is 11.6 Å². The van der Waals surface area contributed by atoms with Crippen molar-refractivity contribution in [2.24, 2.45) is 0 Å². The Balaban J connectivity index is 2.52. The monoisotopic (exact) mass is 207 g/mol. The fourth-order valence-electron chi connectivity index (χ4n) is 1.25. The molecule has 14 heavy (non-hydrogen) atoms. The van der Waals surface area contributed by atoms with Gasteiger partial charge in [-0.3, -0.25) is 0 Å². The predicted molar refractivity (Wildman–Crippen MR) is 61.3 cm³/mol. The molecule has 1 aromatic carbocycles. The Morgan fingerprint density at radius 1 is 1.57 bits per heavy atom. The highest BCUT2D eigenvalue weighted by Crippen LogP contribution is 2.16. The molecule has 0 amide bonds. The highest BCUT2D eigenvalue weighted by Gasteiger charge is 2.03. The van der Waals surface area contributed by atoms with Crippen LogP contribution in [0.5, 0.6) is 0 Å². The number of rotatable bonds is 4. The van der Waals surface area contributed by atoms with Crippen LogP contribution in [0.1, 0.15) is 24.9 Å². The molecule has 0 heterocycles. The van der Waals surface area contributed by atoms with Crippen molar-refractivity contribution < 1.29 is 0 Å². The molecule has 0 aromatic heterocycles. The summed E-state index contributed by atoms with van der Waals surface area (Å²) in [7, 11) is 0. The summed E-state index contributed by atoms with van der Waals surface area (Å²) in [5.74, 6) is 2.60. The molecule has 0 aliphatic heterocycles. The third kappa shape index (κ3) is 3.41. The molecule has 0 bridgehead atoms. The van der Waals surface area contributed by atoms with Gasteiger partial charge in [0.25, 0.3) is 0 Å². The van der Waals surface area contributed by atoms with E-state index in [0.29, 0.717) is 6.04 Å². The van der Waals surface area contributed by atoms with Crippen molar-refractivity contribution in [3.63, 3.8) is 0 Å². The van der Waals surface area contributed by atoms with E-state index in [2.05, 4.69) is 24.2 Å². The maximum absolute atomic E-state index is 5.89. The molecule has 2 heteroatoms. The second-order valence-electron chi connectivity index (χ2n) is 3.18. The topological polar surface area (TPSA) is 12.0 Å². The number of nitrogens with one attached hydrogen (secondary N) is 1. The van der Waals surface area contributed by atoms with Crippen LogP contribution in [0.2, 0.25) is 5.02 Å². The Bertz CT molecular complexity index is 327. The van der Waals surface area contributed by atoms with Gasteiger partial charge in [0.15, 0.2) is 0 Å². The Kier molecular flexibility index (Phi) is 4.52. The van der Waals surface area contributed by atoms with Gasteiger partial charge in [-0.15, -0.1) is 12.3 Å². The van der Waals surface area contributed by atoms with Gasteiger partial charge in [-0.05, 0) is 24.6 Å². The molecule has 1 atom stereocenters. The minimum absolute atomic E-state index is 0.294. The zero-order valence-electron chi connectivity index (χ0n) is 8.26. The van der Waals surface area contributed by atoms with E-state index in [0.717, 1.165) is 18.0 Å². The third-order valence-corrected chi connectivity index (χ3v) is 2.30. The van der Waals surface area contributed by atoms with Gasteiger partial charge in [-0.1, -0.05) is 23.7 Å². The first kappa shape index (κ1) is 11.1. The van der Waals surface area contributed by atoms with E-state index >= 15 is 0 Å². The van der Waals surface area contributed by atoms with Gasteiger partial charge < -0.3 is 5.32 Å². The van der Waals surface area contributed by atoms with Gasteiger partial charge in [-0.2, -0.15) is 0 Å². The lowest BCUT2D eigenvalue weighted by Crippen LogP contribution is -2.19. The normalized spacial score (nSPS) is 12.1. The number of halogens is 1. The zero-order valence-corrected chi connectivity index (χ0v) is 9.01. The molecule has 1 N–H and O–H groups in total. The molecule has 0 spiro atoms. The molecular formula is C12H14ClN. The van der Waals surface area contributed by atoms with Crippen molar-refractivity contribution in [1.29, 1.82) is 0 Å². The molecule has 1 rings (SSSR count). The van der Waals surface area contributed by atoms with Gasteiger partial charge in [0.1, 0.15) is 0 Å². The fourth-order valence-corrected chi connectivity index (χ4v) is 1.45. The lowest BCUT2D eigenvalue weighted by molar-refractivity contribution is 0.584. The zero-order chi connectivity index (χ0) is 10.4. The summed E-state index contributed by atoms with van der Waals surface area (Å²) in [6.45, 7) is 2.94. The Morgan fingerprint density at radius 3 is 3.00 bits per heavy atom. The fraction of sp³-hybridized carbons (Fsp3) is 0.333. The minimum atomic E-state index is 0.294. The SMILES string of the molecule is C#CCCN[C@@H](C)c1cccc(Cl)c1. The standard InChI is InChI=1S/C12H14ClN/c1-3-4-8-14-10(2)11-6-5-7-12(13)9-11/h1,5-7,9-10,14H,4,8H2,2H3/t10-/m0/s1. The first-order valence-electron chi connectivity index (χ1n) is 4.66. The van der Waals surface area contributed by atoms with Crippen LogP contribution in [0, 0.1) is 12.3 Å². The molecular weight excluding hydrogens is 194 g/mol. The maximum atomic E-state index is 5.89. The Hall–Kier alpha value is -0.970.